The number of nitrogens with two attached hydrogens (primary N) is 1. The van der Waals surface area contributed by atoms with Crippen LogP contribution in [0.25, 0.3) is 0 Å². The van der Waals surface area contributed by atoms with Crippen LogP contribution in [0.3, 0.4) is 0 Å². The minimum Gasteiger partial charge on any atom is -0.397 e. The Morgan fingerprint density at radius 2 is 2.13 bits per heavy atom. The van der Waals surface area contributed by atoms with Gasteiger partial charge < -0.3 is 16.2 Å². The highest BCUT2D eigenvalue weighted by atomic mass is 16.3. The molecule has 1 aromatic heterocycles. The van der Waals surface area contributed by atoms with Gasteiger partial charge in [-0.3, -0.25) is 0 Å². The normalized spacial score (nSPS) is 14.7. The summed E-state index contributed by atoms with van der Waals surface area (Å²) in [4.78, 5) is 4.31. The number of nitrogen functional groups attached to an aromatic ring is 1. The summed E-state index contributed by atoms with van der Waals surface area (Å²) >= 11 is 0. The fraction of sp³-hybridized carbons (Fsp3) is 0.545. The third kappa shape index (κ3) is 3.09. The van der Waals surface area contributed by atoms with E-state index in [9.17, 15) is 0 Å². The van der Waals surface area contributed by atoms with Crippen LogP contribution in [-0.4, -0.2) is 22.7 Å². The Morgan fingerprint density at radius 3 is 2.67 bits per heavy atom. The lowest BCUT2D eigenvalue weighted by Gasteiger charge is -2.20. The first-order valence-corrected chi connectivity index (χ1v) is 5.15. The van der Waals surface area contributed by atoms with Crippen LogP contribution in [0.2, 0.25) is 0 Å². The SMILES string of the molecule is Cc1nc(NC(C)C(C)CO)ccc1N. The number of hydrogen-bond acceptors (Lipinski definition) is 4. The predicted molar refractivity (Wildman–Crippen MR) is 62.7 cm³/mol. The molecule has 84 valence electrons. The molecular weight excluding hydrogens is 190 g/mol. The fourth-order valence-electron chi connectivity index (χ4n) is 1.19. The molecule has 0 bridgehead atoms. The summed E-state index contributed by atoms with van der Waals surface area (Å²) < 4.78 is 0. The van der Waals surface area contributed by atoms with Crippen molar-refractivity contribution in [1.82, 2.24) is 4.98 Å². The zero-order chi connectivity index (χ0) is 11.4. The van der Waals surface area contributed by atoms with Crippen molar-refractivity contribution in [3.8, 4) is 0 Å². The van der Waals surface area contributed by atoms with Crippen molar-refractivity contribution in [3.05, 3.63) is 17.8 Å². The quantitative estimate of drug-likeness (QED) is 0.701. The van der Waals surface area contributed by atoms with Crippen LogP contribution >= 0.6 is 0 Å². The second-order valence-corrected chi connectivity index (χ2v) is 3.96. The molecule has 4 N–H and O–H groups in total. The van der Waals surface area contributed by atoms with Gasteiger partial charge in [-0.1, -0.05) is 6.92 Å². The van der Waals surface area contributed by atoms with Crippen molar-refractivity contribution in [2.45, 2.75) is 26.8 Å². The highest BCUT2D eigenvalue weighted by molar-refractivity contribution is 5.49. The lowest BCUT2D eigenvalue weighted by atomic mass is 10.1. The van der Waals surface area contributed by atoms with Gasteiger partial charge >= 0.3 is 0 Å². The summed E-state index contributed by atoms with van der Waals surface area (Å²) in [5.74, 6) is 0.999. The van der Waals surface area contributed by atoms with E-state index in [1.165, 1.54) is 0 Å². The van der Waals surface area contributed by atoms with E-state index >= 15 is 0 Å². The molecule has 1 heterocycles. The molecule has 15 heavy (non-hydrogen) atoms. The molecule has 0 amide bonds. The minimum atomic E-state index is 0.169. The first-order valence-electron chi connectivity index (χ1n) is 5.15. The highest BCUT2D eigenvalue weighted by Crippen LogP contribution is 2.14. The number of aryl methyl sites for hydroxylation is 1. The van der Waals surface area contributed by atoms with E-state index < -0.39 is 0 Å². The van der Waals surface area contributed by atoms with Gasteiger partial charge in [0.25, 0.3) is 0 Å². The summed E-state index contributed by atoms with van der Waals surface area (Å²) in [7, 11) is 0. The summed E-state index contributed by atoms with van der Waals surface area (Å²) in [5, 5.41) is 12.2. The van der Waals surface area contributed by atoms with Gasteiger partial charge in [0.05, 0.1) is 11.4 Å². The van der Waals surface area contributed by atoms with Crippen LogP contribution in [0.15, 0.2) is 12.1 Å². The number of aliphatic hydroxyl groups is 1. The average molecular weight is 209 g/mol. The third-order valence-electron chi connectivity index (χ3n) is 2.64. The molecule has 0 aromatic carbocycles. The summed E-state index contributed by atoms with van der Waals surface area (Å²) in [6, 6.07) is 3.87. The van der Waals surface area contributed by atoms with Gasteiger partial charge in [-0.15, -0.1) is 0 Å². The van der Waals surface area contributed by atoms with Gasteiger partial charge in [0.15, 0.2) is 0 Å². The Bertz CT molecular complexity index is 328. The monoisotopic (exact) mass is 209 g/mol. The number of rotatable bonds is 4. The minimum absolute atomic E-state index is 0.169. The molecule has 2 unspecified atom stereocenters. The van der Waals surface area contributed by atoms with Gasteiger partial charge in [0.1, 0.15) is 5.82 Å². The Labute approximate surface area is 90.5 Å². The van der Waals surface area contributed by atoms with Gasteiger partial charge in [0, 0.05) is 12.6 Å². The van der Waals surface area contributed by atoms with E-state index in [1.807, 2.05) is 32.9 Å². The number of anilines is 2. The van der Waals surface area contributed by atoms with Gasteiger partial charge in [0.2, 0.25) is 0 Å². The van der Waals surface area contributed by atoms with E-state index in [4.69, 9.17) is 10.8 Å². The predicted octanol–water partition coefficient (Wildman–Crippen LogP) is 1.40. The Kier molecular flexibility index (Phi) is 3.91. The lowest BCUT2D eigenvalue weighted by molar-refractivity contribution is 0.226. The second-order valence-electron chi connectivity index (χ2n) is 3.96. The molecule has 1 rings (SSSR count). The molecule has 2 atom stereocenters. The van der Waals surface area contributed by atoms with E-state index in [0.29, 0.717) is 5.69 Å². The van der Waals surface area contributed by atoms with Crippen LogP contribution in [0, 0.1) is 12.8 Å². The van der Waals surface area contributed by atoms with E-state index in [0.717, 1.165) is 11.5 Å². The van der Waals surface area contributed by atoms with Crippen molar-refractivity contribution in [3.63, 3.8) is 0 Å². The van der Waals surface area contributed by atoms with Crippen molar-refractivity contribution < 1.29 is 5.11 Å². The Hall–Kier alpha value is -1.29. The largest absolute Gasteiger partial charge is 0.397 e. The van der Waals surface area contributed by atoms with Crippen molar-refractivity contribution in [2.75, 3.05) is 17.7 Å². The van der Waals surface area contributed by atoms with E-state index in [1.54, 1.807) is 0 Å². The lowest BCUT2D eigenvalue weighted by Crippen LogP contribution is -2.26. The molecule has 0 saturated carbocycles. The first-order chi connectivity index (χ1) is 7.04. The van der Waals surface area contributed by atoms with Crippen LogP contribution in [0.4, 0.5) is 11.5 Å². The van der Waals surface area contributed by atoms with Crippen LogP contribution in [-0.2, 0) is 0 Å². The number of nitrogens with zero attached hydrogens (tertiary/aromatic N) is 1. The van der Waals surface area contributed by atoms with E-state index in [-0.39, 0.29) is 18.6 Å². The van der Waals surface area contributed by atoms with Gasteiger partial charge in [-0.05, 0) is 31.9 Å². The van der Waals surface area contributed by atoms with E-state index in [2.05, 4.69) is 10.3 Å². The van der Waals surface area contributed by atoms with Gasteiger partial charge in [-0.25, -0.2) is 4.98 Å². The summed E-state index contributed by atoms with van der Waals surface area (Å²) in [6.07, 6.45) is 0. The zero-order valence-corrected chi connectivity index (χ0v) is 9.49. The second kappa shape index (κ2) is 4.98. The maximum Gasteiger partial charge on any atom is 0.126 e. The third-order valence-corrected chi connectivity index (χ3v) is 2.64. The number of aromatic nitrogens is 1. The fourth-order valence-corrected chi connectivity index (χ4v) is 1.19. The number of aliphatic hydroxyl groups excluding tert-OH is 1. The molecule has 0 aliphatic carbocycles. The zero-order valence-electron chi connectivity index (χ0n) is 9.49. The maximum atomic E-state index is 9.00. The average Bonchev–Trinajstić information content (AvgIpc) is 2.22. The number of nitrogens with one attached hydrogen (secondary N) is 1. The molecule has 1 aromatic rings. The van der Waals surface area contributed by atoms with Crippen molar-refractivity contribution in [2.24, 2.45) is 5.92 Å². The Balaban J connectivity index is 2.68. The van der Waals surface area contributed by atoms with Crippen LogP contribution < -0.4 is 11.1 Å². The first kappa shape index (κ1) is 11.8. The molecular formula is C11H19N3O. The molecule has 4 nitrogen and oxygen atoms in total. The van der Waals surface area contributed by atoms with Crippen molar-refractivity contribution >= 4 is 11.5 Å². The molecule has 0 spiro atoms. The molecule has 0 aliphatic rings. The summed E-state index contributed by atoms with van der Waals surface area (Å²) in [6.45, 7) is 6.05. The Morgan fingerprint density at radius 1 is 1.47 bits per heavy atom. The smallest absolute Gasteiger partial charge is 0.126 e. The molecule has 0 radical (unpaired) electrons. The van der Waals surface area contributed by atoms with Crippen LogP contribution in [0.1, 0.15) is 19.5 Å². The van der Waals surface area contributed by atoms with Crippen molar-refractivity contribution in [1.29, 1.82) is 0 Å². The molecule has 0 aliphatic heterocycles. The number of pyridine rings is 1. The van der Waals surface area contributed by atoms with Gasteiger partial charge in [-0.2, -0.15) is 0 Å². The molecule has 0 fully saturated rings. The molecule has 4 heteroatoms. The number of hydrogen-bond donors (Lipinski definition) is 3. The topological polar surface area (TPSA) is 71.2 Å². The summed E-state index contributed by atoms with van der Waals surface area (Å²) in [5.41, 5.74) is 7.20. The van der Waals surface area contributed by atoms with Crippen LogP contribution in [0.5, 0.6) is 0 Å². The highest BCUT2D eigenvalue weighted by Gasteiger charge is 2.11. The maximum absolute atomic E-state index is 9.00. The standard InChI is InChI=1S/C11H19N3O/c1-7(6-15)8(2)13-11-5-4-10(12)9(3)14-11/h4-5,7-8,15H,6,12H2,1-3H3,(H,13,14). The molecule has 0 saturated heterocycles.